The number of aliphatic hydroxyl groups is 5. The minimum absolute atomic E-state index is 0.0304. The van der Waals surface area contributed by atoms with Gasteiger partial charge in [-0.2, -0.15) is 0 Å². The fourth-order valence-corrected chi connectivity index (χ4v) is 0.770. The molecular weight excluding hydrogens is 180 g/mol. The normalized spacial score (nSPS) is 22.9. The van der Waals surface area contributed by atoms with Crippen molar-refractivity contribution in [3.05, 3.63) is 0 Å². The maximum atomic E-state index is 9.98. The van der Waals surface area contributed by atoms with Crippen LogP contribution in [0.1, 0.15) is 6.92 Å². The summed E-state index contributed by atoms with van der Waals surface area (Å²) in [4.78, 5) is 9.98. The summed E-state index contributed by atoms with van der Waals surface area (Å²) in [6.07, 6.45) is -8.18. The predicted octanol–water partition coefficient (Wildman–Crippen LogP) is -2.99. The SMILES string of the molecule is C[C@H](O)[C@H](O)[C@@H](O)[C@@H](O)[C@H](O)C=O. The van der Waals surface area contributed by atoms with E-state index in [0.29, 0.717) is 0 Å². The van der Waals surface area contributed by atoms with Crippen molar-refractivity contribution in [2.75, 3.05) is 0 Å². The van der Waals surface area contributed by atoms with Crippen LogP contribution in [0.25, 0.3) is 0 Å². The van der Waals surface area contributed by atoms with Crippen LogP contribution in [0, 0.1) is 0 Å². The first-order valence-electron chi connectivity index (χ1n) is 3.77. The molecule has 6 heteroatoms. The zero-order valence-electron chi connectivity index (χ0n) is 7.11. The molecule has 5 N–H and O–H groups in total. The van der Waals surface area contributed by atoms with Crippen molar-refractivity contribution in [1.29, 1.82) is 0 Å². The fraction of sp³-hybridized carbons (Fsp3) is 0.857. The van der Waals surface area contributed by atoms with Gasteiger partial charge >= 0.3 is 0 Å². The van der Waals surface area contributed by atoms with Gasteiger partial charge in [0.25, 0.3) is 0 Å². The highest BCUT2D eigenvalue weighted by Gasteiger charge is 2.32. The molecule has 0 rings (SSSR count). The van der Waals surface area contributed by atoms with Crippen molar-refractivity contribution in [3.8, 4) is 0 Å². The predicted molar refractivity (Wildman–Crippen MR) is 41.8 cm³/mol. The summed E-state index contributed by atoms with van der Waals surface area (Å²) in [7, 11) is 0. The van der Waals surface area contributed by atoms with Gasteiger partial charge in [0.2, 0.25) is 0 Å². The third kappa shape index (κ3) is 3.37. The lowest BCUT2D eigenvalue weighted by Crippen LogP contribution is -2.48. The van der Waals surface area contributed by atoms with E-state index < -0.39 is 30.5 Å². The zero-order valence-corrected chi connectivity index (χ0v) is 7.11. The molecule has 0 unspecified atom stereocenters. The molecule has 0 aliphatic rings. The van der Waals surface area contributed by atoms with Gasteiger partial charge in [-0.1, -0.05) is 0 Å². The molecule has 0 saturated heterocycles. The van der Waals surface area contributed by atoms with Crippen molar-refractivity contribution < 1.29 is 30.3 Å². The maximum absolute atomic E-state index is 9.98. The van der Waals surface area contributed by atoms with Gasteiger partial charge in [0.05, 0.1) is 6.10 Å². The lowest BCUT2D eigenvalue weighted by molar-refractivity contribution is -0.142. The second-order valence-electron chi connectivity index (χ2n) is 2.84. The molecule has 6 nitrogen and oxygen atoms in total. The molecule has 0 aliphatic carbocycles. The van der Waals surface area contributed by atoms with Crippen LogP contribution in [0.3, 0.4) is 0 Å². The van der Waals surface area contributed by atoms with Gasteiger partial charge in [-0.3, -0.25) is 0 Å². The third-order valence-corrected chi connectivity index (χ3v) is 1.68. The molecule has 78 valence electrons. The molecule has 0 spiro atoms. The van der Waals surface area contributed by atoms with Crippen LogP contribution in [0.15, 0.2) is 0 Å². The quantitative estimate of drug-likeness (QED) is 0.298. The molecule has 0 radical (unpaired) electrons. The van der Waals surface area contributed by atoms with Crippen LogP contribution in [-0.4, -0.2) is 62.3 Å². The molecule has 0 aromatic heterocycles. The largest absolute Gasteiger partial charge is 0.391 e. The number of hydrogen-bond donors (Lipinski definition) is 5. The van der Waals surface area contributed by atoms with E-state index in [9.17, 15) is 4.79 Å². The summed E-state index contributed by atoms with van der Waals surface area (Å²) in [5.41, 5.74) is 0. The highest BCUT2D eigenvalue weighted by molar-refractivity contribution is 5.56. The average molecular weight is 194 g/mol. The van der Waals surface area contributed by atoms with Crippen molar-refractivity contribution in [2.45, 2.75) is 37.4 Å². The maximum Gasteiger partial charge on any atom is 0.151 e. The van der Waals surface area contributed by atoms with E-state index in [1.54, 1.807) is 0 Å². The number of carbonyl (C=O) groups is 1. The lowest BCUT2D eigenvalue weighted by Gasteiger charge is -2.25. The zero-order chi connectivity index (χ0) is 10.6. The number of hydrogen-bond acceptors (Lipinski definition) is 6. The van der Waals surface area contributed by atoms with E-state index in [2.05, 4.69) is 0 Å². The lowest BCUT2D eigenvalue weighted by atomic mass is 10.0. The van der Waals surface area contributed by atoms with Gasteiger partial charge in [-0.25, -0.2) is 0 Å². The van der Waals surface area contributed by atoms with E-state index in [0.717, 1.165) is 0 Å². The number of aliphatic hydroxyl groups excluding tert-OH is 5. The Balaban J connectivity index is 4.23. The Morgan fingerprint density at radius 1 is 0.923 bits per heavy atom. The molecule has 0 aromatic rings. The second-order valence-corrected chi connectivity index (χ2v) is 2.84. The summed E-state index contributed by atoms with van der Waals surface area (Å²) in [6, 6.07) is 0. The number of carbonyl (C=O) groups excluding carboxylic acids is 1. The van der Waals surface area contributed by atoms with Gasteiger partial charge in [-0.15, -0.1) is 0 Å². The van der Waals surface area contributed by atoms with Crippen LogP contribution in [0.5, 0.6) is 0 Å². The third-order valence-electron chi connectivity index (χ3n) is 1.68. The first-order chi connectivity index (χ1) is 5.91. The minimum Gasteiger partial charge on any atom is -0.391 e. The molecule has 0 bridgehead atoms. The van der Waals surface area contributed by atoms with Crippen molar-refractivity contribution in [2.24, 2.45) is 0 Å². The van der Waals surface area contributed by atoms with Crippen LogP contribution in [0.2, 0.25) is 0 Å². The van der Waals surface area contributed by atoms with E-state index in [-0.39, 0.29) is 6.29 Å². The Kier molecular flexibility index (Phi) is 5.04. The minimum atomic E-state index is -1.80. The summed E-state index contributed by atoms with van der Waals surface area (Å²) in [5, 5.41) is 44.7. The van der Waals surface area contributed by atoms with Gasteiger partial charge in [0, 0.05) is 0 Å². The van der Waals surface area contributed by atoms with Crippen molar-refractivity contribution >= 4 is 6.29 Å². The highest BCUT2D eigenvalue weighted by Crippen LogP contribution is 2.06. The van der Waals surface area contributed by atoms with E-state index >= 15 is 0 Å². The Bertz CT molecular complexity index is 159. The Labute approximate surface area is 75.1 Å². The molecule has 0 heterocycles. The molecule has 0 aliphatic heterocycles. The summed E-state index contributed by atoms with van der Waals surface area (Å²) < 4.78 is 0. The number of aldehydes is 1. The standard InChI is InChI=1S/C7H14O6/c1-3(9)5(11)7(13)6(12)4(10)2-8/h2-7,9-13H,1H3/t3-,4+,5-,6-,7+/m0/s1. The molecule has 0 amide bonds. The molecule has 0 fully saturated rings. The van der Waals surface area contributed by atoms with Crippen LogP contribution >= 0.6 is 0 Å². The van der Waals surface area contributed by atoms with E-state index in [1.807, 2.05) is 0 Å². The van der Waals surface area contributed by atoms with Gasteiger partial charge in [0.1, 0.15) is 24.4 Å². The van der Waals surface area contributed by atoms with Crippen LogP contribution in [-0.2, 0) is 4.79 Å². The summed E-state index contributed by atoms with van der Waals surface area (Å²) in [5.74, 6) is 0. The van der Waals surface area contributed by atoms with Crippen molar-refractivity contribution in [3.63, 3.8) is 0 Å². The van der Waals surface area contributed by atoms with Gasteiger partial charge in [0.15, 0.2) is 6.29 Å². The second kappa shape index (κ2) is 5.25. The first-order valence-corrected chi connectivity index (χ1v) is 3.77. The Morgan fingerprint density at radius 3 is 1.69 bits per heavy atom. The Morgan fingerprint density at radius 2 is 1.38 bits per heavy atom. The molecular formula is C7H14O6. The average Bonchev–Trinajstić information content (AvgIpc) is 2.12. The summed E-state index contributed by atoms with van der Waals surface area (Å²) in [6.45, 7) is 1.20. The van der Waals surface area contributed by atoms with E-state index in [4.69, 9.17) is 25.5 Å². The molecule has 5 atom stereocenters. The molecule has 0 saturated carbocycles. The van der Waals surface area contributed by atoms with Gasteiger partial charge < -0.3 is 30.3 Å². The van der Waals surface area contributed by atoms with Crippen LogP contribution in [0.4, 0.5) is 0 Å². The van der Waals surface area contributed by atoms with Crippen LogP contribution < -0.4 is 0 Å². The van der Waals surface area contributed by atoms with E-state index in [1.165, 1.54) is 6.92 Å². The fourth-order valence-electron chi connectivity index (χ4n) is 0.770. The topological polar surface area (TPSA) is 118 Å². The summed E-state index contributed by atoms with van der Waals surface area (Å²) >= 11 is 0. The monoisotopic (exact) mass is 194 g/mol. The smallest absolute Gasteiger partial charge is 0.151 e. The highest BCUT2D eigenvalue weighted by atomic mass is 16.4. The molecule has 13 heavy (non-hydrogen) atoms. The Hall–Kier alpha value is -0.530. The van der Waals surface area contributed by atoms with Crippen molar-refractivity contribution in [1.82, 2.24) is 0 Å². The first kappa shape index (κ1) is 12.5. The molecule has 0 aromatic carbocycles. The number of rotatable bonds is 5. The van der Waals surface area contributed by atoms with Gasteiger partial charge in [-0.05, 0) is 6.92 Å².